The first kappa shape index (κ1) is 23.8. The Morgan fingerprint density at radius 1 is 1.08 bits per heavy atom. The van der Waals surface area contributed by atoms with E-state index < -0.39 is 5.82 Å². The lowest BCUT2D eigenvalue weighted by Gasteiger charge is -2.36. The number of aryl methyl sites for hydroxylation is 1. The van der Waals surface area contributed by atoms with Gasteiger partial charge in [-0.25, -0.2) is 24.3 Å². The summed E-state index contributed by atoms with van der Waals surface area (Å²) in [6.07, 6.45) is 6.26. The molecule has 0 saturated carbocycles. The van der Waals surface area contributed by atoms with Crippen LogP contribution in [0.5, 0.6) is 0 Å². The van der Waals surface area contributed by atoms with E-state index >= 15 is 0 Å². The third-order valence-corrected chi connectivity index (χ3v) is 6.56. The number of carbonyl (C=O) groups excluding carboxylic acids is 1. The maximum Gasteiger partial charge on any atom is 0.255 e. The van der Waals surface area contributed by atoms with Crippen molar-refractivity contribution in [2.75, 3.05) is 31.5 Å². The fourth-order valence-electron chi connectivity index (χ4n) is 4.50. The lowest BCUT2D eigenvalue weighted by molar-refractivity contribution is 0.0595. The van der Waals surface area contributed by atoms with Crippen molar-refractivity contribution in [2.24, 2.45) is 0 Å². The number of nitrogens with zero attached hydrogens (tertiary/aromatic N) is 7. The number of amides is 1. The molecule has 0 atom stereocenters. The van der Waals surface area contributed by atoms with Gasteiger partial charge in [-0.05, 0) is 45.0 Å². The Labute approximate surface area is 209 Å². The van der Waals surface area contributed by atoms with Crippen LogP contribution in [0, 0.1) is 5.82 Å². The van der Waals surface area contributed by atoms with Gasteiger partial charge in [-0.15, -0.1) is 0 Å². The van der Waals surface area contributed by atoms with E-state index in [1.165, 1.54) is 0 Å². The topological polar surface area (TPSA) is 92.1 Å². The zero-order valence-electron chi connectivity index (χ0n) is 20.6. The van der Waals surface area contributed by atoms with Gasteiger partial charge in [0.25, 0.3) is 5.91 Å². The summed E-state index contributed by atoms with van der Waals surface area (Å²) < 4.78 is 16.7. The van der Waals surface area contributed by atoms with Crippen LogP contribution >= 0.6 is 0 Å². The number of fused-ring (bicyclic) bond motifs is 1. The van der Waals surface area contributed by atoms with Gasteiger partial charge in [0, 0.05) is 68.3 Å². The lowest BCUT2D eigenvalue weighted by Crippen LogP contribution is -2.50. The Morgan fingerprint density at radius 3 is 2.58 bits per heavy atom. The molecule has 1 N–H and O–H groups in total. The van der Waals surface area contributed by atoms with Crippen molar-refractivity contribution in [1.82, 2.24) is 34.3 Å². The van der Waals surface area contributed by atoms with E-state index in [2.05, 4.69) is 44.0 Å². The van der Waals surface area contributed by atoms with Crippen LogP contribution in [-0.2, 0) is 6.54 Å². The molecule has 0 aromatic carbocycles. The number of pyridine rings is 2. The standard InChI is InChI=1S/C26H29FN8O/c1-4-33-16-20(19-6-5-9-28-24(19)33)23-21(27)15-30-26(32-23)31-22-8-7-18(14-29-22)25(36)35-12-10-34(11-13-35)17(2)3/h5-9,14-17H,4,10-13H2,1-3H3,(H,29,30,31,32). The molecule has 4 aromatic heterocycles. The molecular formula is C26H29FN8O. The van der Waals surface area contributed by atoms with Crippen molar-refractivity contribution in [3.63, 3.8) is 0 Å². The molecule has 1 amide bonds. The summed E-state index contributed by atoms with van der Waals surface area (Å²) in [7, 11) is 0. The SMILES string of the molecule is CCn1cc(-c2nc(Nc3ccc(C(=O)N4CCN(C(C)C)CC4)cn3)ncc2F)c2cccnc21. The number of anilines is 2. The molecule has 0 radical (unpaired) electrons. The molecule has 1 fully saturated rings. The van der Waals surface area contributed by atoms with E-state index in [4.69, 9.17) is 0 Å². The molecule has 4 aromatic rings. The number of hydrogen-bond acceptors (Lipinski definition) is 7. The summed E-state index contributed by atoms with van der Waals surface area (Å²) >= 11 is 0. The van der Waals surface area contributed by atoms with Crippen LogP contribution in [0.1, 0.15) is 31.1 Å². The minimum Gasteiger partial charge on any atom is -0.336 e. The second kappa shape index (κ2) is 9.98. The minimum absolute atomic E-state index is 0.0290. The predicted molar refractivity (Wildman–Crippen MR) is 137 cm³/mol. The molecular weight excluding hydrogens is 459 g/mol. The van der Waals surface area contributed by atoms with Crippen molar-refractivity contribution < 1.29 is 9.18 Å². The van der Waals surface area contributed by atoms with Crippen LogP contribution in [0.25, 0.3) is 22.3 Å². The molecule has 0 bridgehead atoms. The Kier molecular flexibility index (Phi) is 6.60. The molecule has 1 aliphatic rings. The Bertz CT molecular complexity index is 1380. The summed E-state index contributed by atoms with van der Waals surface area (Å²) in [5.74, 6) is 0.125. The minimum atomic E-state index is -0.522. The monoisotopic (exact) mass is 488 g/mol. The fraction of sp³-hybridized carbons (Fsp3) is 0.346. The highest BCUT2D eigenvalue weighted by Gasteiger charge is 2.23. The van der Waals surface area contributed by atoms with Crippen LogP contribution in [0.3, 0.4) is 0 Å². The number of aromatic nitrogens is 5. The molecule has 0 spiro atoms. The number of piperazine rings is 1. The van der Waals surface area contributed by atoms with E-state index in [0.717, 1.165) is 30.3 Å². The number of carbonyl (C=O) groups is 1. The Morgan fingerprint density at radius 2 is 1.89 bits per heavy atom. The highest BCUT2D eigenvalue weighted by atomic mass is 19.1. The number of nitrogens with one attached hydrogen (secondary N) is 1. The van der Waals surface area contributed by atoms with Gasteiger partial charge in [-0.3, -0.25) is 9.69 Å². The van der Waals surface area contributed by atoms with Gasteiger partial charge in [0.2, 0.25) is 5.95 Å². The predicted octanol–water partition coefficient (Wildman–Crippen LogP) is 3.96. The van der Waals surface area contributed by atoms with Gasteiger partial charge < -0.3 is 14.8 Å². The highest BCUT2D eigenvalue weighted by Crippen LogP contribution is 2.30. The Balaban J connectivity index is 1.33. The highest BCUT2D eigenvalue weighted by molar-refractivity contribution is 5.94. The summed E-state index contributed by atoms with van der Waals surface area (Å²) in [5.41, 5.74) is 2.13. The van der Waals surface area contributed by atoms with Crippen LogP contribution < -0.4 is 5.32 Å². The first-order chi connectivity index (χ1) is 17.4. The van der Waals surface area contributed by atoms with Gasteiger partial charge in [-0.1, -0.05) is 0 Å². The second-order valence-corrected chi connectivity index (χ2v) is 9.07. The average Bonchev–Trinajstić information content (AvgIpc) is 3.28. The van der Waals surface area contributed by atoms with Crippen molar-refractivity contribution in [2.45, 2.75) is 33.4 Å². The van der Waals surface area contributed by atoms with Gasteiger partial charge in [0.05, 0.1) is 11.8 Å². The maximum atomic E-state index is 14.8. The van der Waals surface area contributed by atoms with E-state index in [1.807, 2.05) is 34.7 Å². The zero-order valence-corrected chi connectivity index (χ0v) is 20.6. The largest absolute Gasteiger partial charge is 0.336 e. The molecule has 186 valence electrons. The summed E-state index contributed by atoms with van der Waals surface area (Å²) in [6.45, 7) is 10.2. The van der Waals surface area contributed by atoms with E-state index in [-0.39, 0.29) is 17.5 Å². The number of halogens is 1. The molecule has 0 unspecified atom stereocenters. The molecule has 1 saturated heterocycles. The van der Waals surface area contributed by atoms with Crippen molar-refractivity contribution in [1.29, 1.82) is 0 Å². The summed E-state index contributed by atoms with van der Waals surface area (Å²) in [4.78, 5) is 34.4. The van der Waals surface area contributed by atoms with Crippen LogP contribution in [0.4, 0.5) is 16.2 Å². The van der Waals surface area contributed by atoms with Crippen molar-refractivity contribution in [3.05, 3.63) is 60.4 Å². The van der Waals surface area contributed by atoms with Gasteiger partial charge in [0.15, 0.2) is 5.82 Å². The maximum absolute atomic E-state index is 14.8. The summed E-state index contributed by atoms with van der Waals surface area (Å²) in [6, 6.07) is 7.64. The third kappa shape index (κ3) is 4.64. The molecule has 36 heavy (non-hydrogen) atoms. The van der Waals surface area contributed by atoms with Crippen molar-refractivity contribution >= 4 is 28.7 Å². The van der Waals surface area contributed by atoms with E-state index in [9.17, 15) is 9.18 Å². The second-order valence-electron chi connectivity index (χ2n) is 9.07. The van der Waals surface area contributed by atoms with Crippen LogP contribution in [0.15, 0.2) is 49.1 Å². The van der Waals surface area contributed by atoms with Crippen molar-refractivity contribution in [3.8, 4) is 11.3 Å². The quantitative estimate of drug-likeness (QED) is 0.439. The Hall–Kier alpha value is -3.92. The molecule has 9 nitrogen and oxygen atoms in total. The third-order valence-electron chi connectivity index (χ3n) is 6.56. The van der Waals surface area contributed by atoms with E-state index in [0.29, 0.717) is 42.6 Å². The lowest BCUT2D eigenvalue weighted by atomic mass is 10.1. The fourth-order valence-corrected chi connectivity index (χ4v) is 4.50. The van der Waals surface area contributed by atoms with Crippen LogP contribution in [0.2, 0.25) is 0 Å². The smallest absolute Gasteiger partial charge is 0.255 e. The zero-order chi connectivity index (χ0) is 25.2. The summed E-state index contributed by atoms with van der Waals surface area (Å²) in [5, 5.41) is 3.84. The molecule has 0 aliphatic carbocycles. The number of rotatable bonds is 6. The first-order valence-electron chi connectivity index (χ1n) is 12.2. The van der Waals surface area contributed by atoms with Gasteiger partial charge >= 0.3 is 0 Å². The molecule has 1 aliphatic heterocycles. The average molecular weight is 489 g/mol. The normalized spacial score (nSPS) is 14.5. The molecule has 5 heterocycles. The molecule has 10 heteroatoms. The van der Waals surface area contributed by atoms with E-state index in [1.54, 1.807) is 24.5 Å². The first-order valence-corrected chi connectivity index (χ1v) is 12.2. The number of hydrogen-bond donors (Lipinski definition) is 1. The van der Waals surface area contributed by atoms with Gasteiger partial charge in [0.1, 0.15) is 17.2 Å². The molecule has 5 rings (SSSR count). The van der Waals surface area contributed by atoms with Crippen LogP contribution in [-0.4, -0.2) is 72.4 Å². The van der Waals surface area contributed by atoms with Gasteiger partial charge in [-0.2, -0.15) is 0 Å².